The minimum Gasteiger partial charge on any atom is -0.469 e. The van der Waals surface area contributed by atoms with Crippen molar-refractivity contribution in [3.63, 3.8) is 0 Å². The van der Waals surface area contributed by atoms with Gasteiger partial charge in [0.2, 0.25) is 0 Å². The Morgan fingerprint density at radius 1 is 1.25 bits per heavy atom. The van der Waals surface area contributed by atoms with E-state index >= 15 is 0 Å². The van der Waals surface area contributed by atoms with Gasteiger partial charge in [-0.05, 0) is 43.3 Å². The molecule has 0 aliphatic heterocycles. The number of benzene rings is 1. The normalized spacial score (nSPS) is 13.9. The predicted octanol–water partition coefficient (Wildman–Crippen LogP) is 3.50. The number of thioether (sulfide) groups is 1. The molecule has 0 unspecified atom stereocenters. The lowest BCUT2D eigenvalue weighted by atomic mass is 9.81. The average Bonchev–Trinajstić information content (AvgIpc) is 2.35. The molecule has 0 aliphatic rings. The second-order valence-electron chi connectivity index (χ2n) is 4.81. The van der Waals surface area contributed by atoms with Crippen molar-refractivity contribution in [2.45, 2.75) is 30.3 Å². The molecular formula is C13H16F3NO2S. The van der Waals surface area contributed by atoms with Gasteiger partial charge in [-0.25, -0.2) is 0 Å². The summed E-state index contributed by atoms with van der Waals surface area (Å²) in [7, 11) is 1.26. The fourth-order valence-corrected chi connectivity index (χ4v) is 2.22. The lowest BCUT2D eigenvalue weighted by molar-refractivity contribution is -0.152. The third kappa shape index (κ3) is 4.14. The van der Waals surface area contributed by atoms with Crippen LogP contribution in [0.15, 0.2) is 29.2 Å². The van der Waals surface area contributed by atoms with E-state index in [1.165, 1.54) is 31.4 Å². The van der Waals surface area contributed by atoms with E-state index in [1.54, 1.807) is 13.8 Å². The lowest BCUT2D eigenvalue weighted by Gasteiger charge is -2.29. The number of carbonyl (C=O) groups excluding carboxylic acids is 1. The van der Waals surface area contributed by atoms with E-state index in [-0.39, 0.29) is 16.7 Å². The minimum atomic E-state index is -4.32. The van der Waals surface area contributed by atoms with Gasteiger partial charge in [0, 0.05) is 10.9 Å². The first kappa shape index (κ1) is 16.8. The molecule has 0 saturated heterocycles. The van der Waals surface area contributed by atoms with Gasteiger partial charge >= 0.3 is 11.5 Å². The van der Waals surface area contributed by atoms with Crippen molar-refractivity contribution in [3.8, 4) is 0 Å². The zero-order valence-corrected chi connectivity index (χ0v) is 12.1. The molecule has 0 heterocycles. The quantitative estimate of drug-likeness (QED) is 0.683. The molecule has 0 bridgehead atoms. The summed E-state index contributed by atoms with van der Waals surface area (Å²) in [6, 6.07) is 4.98. The molecular weight excluding hydrogens is 291 g/mol. The van der Waals surface area contributed by atoms with E-state index in [1.807, 2.05) is 0 Å². The van der Waals surface area contributed by atoms with Gasteiger partial charge < -0.3 is 10.5 Å². The van der Waals surface area contributed by atoms with Crippen LogP contribution in [-0.4, -0.2) is 18.6 Å². The molecule has 1 aromatic rings. The molecule has 3 nitrogen and oxygen atoms in total. The Labute approximate surface area is 119 Å². The fraction of sp³-hybridized carbons (Fsp3) is 0.462. The van der Waals surface area contributed by atoms with Crippen molar-refractivity contribution in [1.29, 1.82) is 0 Å². The summed E-state index contributed by atoms with van der Waals surface area (Å²) in [5, 5.41) is 0. The third-order valence-electron chi connectivity index (χ3n) is 2.96. The Balaban J connectivity index is 2.91. The van der Waals surface area contributed by atoms with Gasteiger partial charge in [0.1, 0.15) is 0 Å². The zero-order valence-electron chi connectivity index (χ0n) is 11.3. The first-order valence-electron chi connectivity index (χ1n) is 5.77. The molecule has 0 radical (unpaired) electrons. The molecule has 112 valence electrons. The number of alkyl halides is 3. The monoisotopic (exact) mass is 307 g/mol. The van der Waals surface area contributed by atoms with E-state index in [0.29, 0.717) is 5.56 Å². The highest BCUT2D eigenvalue weighted by atomic mass is 32.2. The third-order valence-corrected chi connectivity index (χ3v) is 3.70. The molecule has 1 aromatic carbocycles. The van der Waals surface area contributed by atoms with Gasteiger partial charge in [-0.15, -0.1) is 0 Å². The smallest absolute Gasteiger partial charge is 0.446 e. The highest BCUT2D eigenvalue weighted by Gasteiger charge is 2.36. The Kier molecular flexibility index (Phi) is 5.10. The molecule has 1 rings (SSSR count). The van der Waals surface area contributed by atoms with Gasteiger partial charge in [0.25, 0.3) is 0 Å². The maximum Gasteiger partial charge on any atom is 0.446 e. The van der Waals surface area contributed by atoms with Crippen LogP contribution >= 0.6 is 11.8 Å². The van der Waals surface area contributed by atoms with Gasteiger partial charge in [-0.1, -0.05) is 12.1 Å². The number of rotatable bonds is 4. The summed E-state index contributed by atoms with van der Waals surface area (Å²) in [5.41, 5.74) is 1.28. The summed E-state index contributed by atoms with van der Waals surface area (Å²) >= 11 is -0.193. The summed E-state index contributed by atoms with van der Waals surface area (Å²) in [6.45, 7) is 3.25. The van der Waals surface area contributed by atoms with Crippen molar-refractivity contribution in [1.82, 2.24) is 0 Å². The van der Waals surface area contributed by atoms with E-state index in [9.17, 15) is 18.0 Å². The Hall–Kier alpha value is -1.21. The molecule has 1 atom stereocenters. The van der Waals surface area contributed by atoms with Gasteiger partial charge in [-0.3, -0.25) is 4.79 Å². The topological polar surface area (TPSA) is 52.3 Å². The molecule has 0 fully saturated rings. The summed E-state index contributed by atoms with van der Waals surface area (Å²) in [4.78, 5) is 11.7. The first-order valence-corrected chi connectivity index (χ1v) is 6.59. The minimum absolute atomic E-state index is 0.0734. The molecule has 2 N–H and O–H groups in total. The number of hydrogen-bond donors (Lipinski definition) is 1. The summed E-state index contributed by atoms with van der Waals surface area (Å²) in [5.74, 6) is -0.473. The van der Waals surface area contributed by atoms with Crippen LogP contribution in [0.25, 0.3) is 0 Å². The van der Waals surface area contributed by atoms with Gasteiger partial charge in [0.15, 0.2) is 0 Å². The van der Waals surface area contributed by atoms with E-state index in [0.717, 1.165) is 0 Å². The van der Waals surface area contributed by atoms with Crippen molar-refractivity contribution >= 4 is 17.7 Å². The van der Waals surface area contributed by atoms with Gasteiger partial charge in [0.05, 0.1) is 12.5 Å². The highest BCUT2D eigenvalue weighted by Crippen LogP contribution is 2.38. The van der Waals surface area contributed by atoms with Crippen LogP contribution in [-0.2, 0) is 9.53 Å². The lowest BCUT2D eigenvalue weighted by Crippen LogP contribution is -2.37. The van der Waals surface area contributed by atoms with Crippen LogP contribution in [0.5, 0.6) is 0 Å². The fourth-order valence-electron chi connectivity index (χ4n) is 1.68. The first-order chi connectivity index (χ1) is 9.08. The van der Waals surface area contributed by atoms with E-state index in [4.69, 9.17) is 5.73 Å². The second kappa shape index (κ2) is 6.05. The molecule has 7 heteroatoms. The maximum atomic E-state index is 12.2. The van der Waals surface area contributed by atoms with Crippen molar-refractivity contribution in [3.05, 3.63) is 29.8 Å². The van der Waals surface area contributed by atoms with Crippen LogP contribution < -0.4 is 5.73 Å². The average molecular weight is 307 g/mol. The molecule has 0 spiro atoms. The zero-order chi connectivity index (χ0) is 15.6. The second-order valence-corrected chi connectivity index (χ2v) is 5.95. The SMILES string of the molecule is COC(=O)C(C)(C)[C@@H](N)c1ccc(SC(F)(F)F)cc1. The van der Waals surface area contributed by atoms with Crippen LogP contribution in [0.2, 0.25) is 0 Å². The number of hydrogen-bond acceptors (Lipinski definition) is 4. The van der Waals surface area contributed by atoms with Crippen molar-refractivity contribution in [2.75, 3.05) is 7.11 Å². The molecule has 0 aromatic heterocycles. The number of nitrogens with two attached hydrogens (primary N) is 1. The highest BCUT2D eigenvalue weighted by molar-refractivity contribution is 8.00. The predicted molar refractivity (Wildman–Crippen MR) is 71.1 cm³/mol. The van der Waals surface area contributed by atoms with Gasteiger partial charge in [-0.2, -0.15) is 13.2 Å². The standard InChI is InChI=1S/C13H16F3NO2S/c1-12(2,11(18)19-3)10(17)8-4-6-9(7-5-8)20-13(14,15)16/h4-7,10H,17H2,1-3H3/t10-/m0/s1. The summed E-state index contributed by atoms with van der Waals surface area (Å²) in [6.07, 6.45) is 0. The van der Waals surface area contributed by atoms with Crippen molar-refractivity contribution in [2.24, 2.45) is 11.1 Å². The van der Waals surface area contributed by atoms with E-state index in [2.05, 4.69) is 4.74 Å². The van der Waals surface area contributed by atoms with Crippen LogP contribution in [0.1, 0.15) is 25.5 Å². The van der Waals surface area contributed by atoms with Crippen LogP contribution in [0.4, 0.5) is 13.2 Å². The van der Waals surface area contributed by atoms with E-state index < -0.39 is 22.9 Å². The Morgan fingerprint density at radius 2 is 1.75 bits per heavy atom. The maximum absolute atomic E-state index is 12.2. The number of esters is 1. The molecule has 0 amide bonds. The summed E-state index contributed by atoms with van der Waals surface area (Å²) < 4.78 is 41.3. The van der Waals surface area contributed by atoms with Crippen LogP contribution in [0.3, 0.4) is 0 Å². The molecule has 0 aliphatic carbocycles. The molecule has 20 heavy (non-hydrogen) atoms. The van der Waals surface area contributed by atoms with Crippen molar-refractivity contribution < 1.29 is 22.7 Å². The number of methoxy groups -OCH3 is 1. The number of ether oxygens (including phenoxy) is 1. The largest absolute Gasteiger partial charge is 0.469 e. The number of carbonyl (C=O) groups is 1. The Morgan fingerprint density at radius 3 is 2.15 bits per heavy atom. The molecule has 0 saturated carbocycles. The number of halogens is 3. The van der Waals surface area contributed by atoms with Crippen LogP contribution in [0, 0.1) is 5.41 Å². The Bertz CT molecular complexity index is 471.